The fourth-order valence-electron chi connectivity index (χ4n) is 4.88. The highest BCUT2D eigenvalue weighted by molar-refractivity contribution is 5.90. The number of amides is 1. The smallest absolute Gasteiger partial charge is 0.222 e. The number of nitrogens with zero attached hydrogens (tertiary/aromatic N) is 3. The summed E-state index contributed by atoms with van der Waals surface area (Å²) >= 11 is 0. The number of rotatable bonds is 6. The highest BCUT2D eigenvalue weighted by Gasteiger charge is 2.37. The summed E-state index contributed by atoms with van der Waals surface area (Å²) in [6.45, 7) is 1.32. The van der Waals surface area contributed by atoms with Gasteiger partial charge in [-0.05, 0) is 37.5 Å². The van der Waals surface area contributed by atoms with Crippen molar-refractivity contribution >= 4 is 22.6 Å². The van der Waals surface area contributed by atoms with Crippen LogP contribution in [0.3, 0.4) is 0 Å². The predicted molar refractivity (Wildman–Crippen MR) is 117 cm³/mol. The van der Waals surface area contributed by atoms with Crippen molar-refractivity contribution in [2.75, 3.05) is 26.1 Å². The number of H-pyrrole nitrogens is 1. The van der Waals surface area contributed by atoms with Crippen LogP contribution in [0.1, 0.15) is 42.9 Å². The second-order valence-electron chi connectivity index (χ2n) is 8.24. The maximum atomic E-state index is 12.2. The maximum absolute atomic E-state index is 12.2. The molecule has 2 saturated heterocycles. The van der Waals surface area contributed by atoms with E-state index in [2.05, 4.69) is 25.4 Å². The number of nitrogens with one attached hydrogen (secondary N) is 2. The zero-order valence-corrected chi connectivity index (χ0v) is 17.9. The Morgan fingerprint density at radius 3 is 2.94 bits per heavy atom. The minimum Gasteiger partial charge on any atom is -0.497 e. The Bertz CT molecular complexity index is 1110. The van der Waals surface area contributed by atoms with Gasteiger partial charge in [0.25, 0.3) is 0 Å². The highest BCUT2D eigenvalue weighted by atomic mass is 16.5. The molecule has 2 aliphatic rings. The Hall–Kier alpha value is -3.29. The van der Waals surface area contributed by atoms with E-state index in [1.165, 1.54) is 0 Å². The van der Waals surface area contributed by atoms with Crippen molar-refractivity contribution in [3.63, 3.8) is 0 Å². The molecule has 5 rings (SSSR count). The van der Waals surface area contributed by atoms with Crippen LogP contribution in [0.2, 0.25) is 0 Å². The topological polar surface area (TPSA) is 92.4 Å². The van der Waals surface area contributed by atoms with Crippen molar-refractivity contribution < 1.29 is 14.3 Å². The fraction of sp³-hybridized carbons (Fsp3) is 0.435. The van der Waals surface area contributed by atoms with Crippen molar-refractivity contribution in [1.29, 1.82) is 0 Å². The van der Waals surface area contributed by atoms with E-state index in [9.17, 15) is 4.79 Å². The fourth-order valence-corrected chi connectivity index (χ4v) is 4.88. The molecule has 0 saturated carbocycles. The zero-order valence-electron chi connectivity index (χ0n) is 17.9. The molecule has 1 amide bonds. The Balaban J connectivity index is 1.37. The van der Waals surface area contributed by atoms with Crippen LogP contribution in [0.5, 0.6) is 11.5 Å². The molecule has 0 aliphatic carbocycles. The molecule has 0 unspecified atom stereocenters. The lowest BCUT2D eigenvalue weighted by Crippen LogP contribution is -2.40. The van der Waals surface area contributed by atoms with E-state index in [1.807, 2.05) is 30.5 Å². The van der Waals surface area contributed by atoms with E-state index < -0.39 is 0 Å². The molecule has 3 aromatic rings. The first-order valence-electron chi connectivity index (χ1n) is 10.7. The summed E-state index contributed by atoms with van der Waals surface area (Å²) in [5, 5.41) is 12.3. The number of aromatic amines is 1. The number of anilines is 1. The van der Waals surface area contributed by atoms with Gasteiger partial charge >= 0.3 is 0 Å². The van der Waals surface area contributed by atoms with E-state index in [0.29, 0.717) is 19.0 Å². The van der Waals surface area contributed by atoms with Crippen LogP contribution in [0.4, 0.5) is 5.82 Å². The van der Waals surface area contributed by atoms with Gasteiger partial charge in [0.1, 0.15) is 17.0 Å². The molecular weight excluding hydrogens is 394 g/mol. The third-order valence-corrected chi connectivity index (χ3v) is 6.56. The first kappa shape index (κ1) is 19.7. The molecule has 8 heteroatoms. The third-order valence-electron chi connectivity index (χ3n) is 6.56. The molecule has 0 bridgehead atoms. The number of fused-ring (bicyclic) bond motifs is 2. The normalized spacial score (nSPS) is 20.7. The molecule has 1 aromatic carbocycles. The van der Waals surface area contributed by atoms with Crippen LogP contribution in [0.25, 0.3) is 10.9 Å². The average molecular weight is 422 g/mol. The van der Waals surface area contributed by atoms with Crippen LogP contribution in [0, 0.1) is 0 Å². The van der Waals surface area contributed by atoms with E-state index >= 15 is 0 Å². The molecule has 2 atom stereocenters. The maximum Gasteiger partial charge on any atom is 0.222 e. The molecule has 162 valence electrons. The van der Waals surface area contributed by atoms with E-state index in [1.54, 1.807) is 14.2 Å². The second kappa shape index (κ2) is 8.09. The number of pyridine rings is 1. The van der Waals surface area contributed by atoms with E-state index in [4.69, 9.17) is 9.47 Å². The first-order chi connectivity index (χ1) is 15.2. The number of carbonyl (C=O) groups is 1. The van der Waals surface area contributed by atoms with Crippen molar-refractivity contribution in [3.8, 4) is 11.5 Å². The van der Waals surface area contributed by atoms with Crippen molar-refractivity contribution in [2.45, 2.75) is 44.2 Å². The van der Waals surface area contributed by atoms with Crippen molar-refractivity contribution in [3.05, 3.63) is 41.7 Å². The highest BCUT2D eigenvalue weighted by Crippen LogP contribution is 2.37. The average Bonchev–Trinajstić information content (AvgIpc) is 3.41. The van der Waals surface area contributed by atoms with Gasteiger partial charge in [0, 0.05) is 54.7 Å². The Labute approximate surface area is 180 Å². The van der Waals surface area contributed by atoms with Crippen LogP contribution in [-0.4, -0.2) is 52.8 Å². The zero-order chi connectivity index (χ0) is 21.4. The lowest BCUT2D eigenvalue weighted by Gasteiger charge is -2.34. The molecule has 2 aromatic heterocycles. The van der Waals surface area contributed by atoms with Crippen LogP contribution in [-0.2, 0) is 11.3 Å². The Morgan fingerprint density at radius 2 is 2.10 bits per heavy atom. The molecule has 2 fully saturated rings. The second-order valence-corrected chi connectivity index (χ2v) is 8.24. The first-order valence-corrected chi connectivity index (χ1v) is 10.7. The number of ether oxygens (including phenoxy) is 2. The van der Waals surface area contributed by atoms with Gasteiger partial charge in [0.2, 0.25) is 5.91 Å². The van der Waals surface area contributed by atoms with Gasteiger partial charge in [-0.3, -0.25) is 9.89 Å². The number of benzene rings is 1. The quantitative estimate of drug-likeness (QED) is 0.633. The summed E-state index contributed by atoms with van der Waals surface area (Å²) in [7, 11) is 3.29. The number of hydrogen-bond acceptors (Lipinski definition) is 6. The van der Waals surface area contributed by atoms with Gasteiger partial charge in [0.05, 0.1) is 19.9 Å². The van der Waals surface area contributed by atoms with Gasteiger partial charge in [0.15, 0.2) is 5.82 Å². The van der Waals surface area contributed by atoms with E-state index in [0.717, 1.165) is 65.3 Å². The van der Waals surface area contributed by atoms with Crippen LogP contribution < -0.4 is 14.8 Å². The molecule has 4 heterocycles. The third kappa shape index (κ3) is 3.56. The molecule has 2 N–H and O–H groups in total. The van der Waals surface area contributed by atoms with Crippen molar-refractivity contribution in [1.82, 2.24) is 20.1 Å². The number of aromatic nitrogens is 3. The minimum absolute atomic E-state index is 0.254. The minimum atomic E-state index is 0.254. The molecular formula is C23H27N5O3. The summed E-state index contributed by atoms with van der Waals surface area (Å²) in [6, 6.07) is 8.19. The molecule has 0 spiro atoms. The van der Waals surface area contributed by atoms with Gasteiger partial charge in [-0.25, -0.2) is 4.98 Å². The monoisotopic (exact) mass is 421 g/mol. The summed E-state index contributed by atoms with van der Waals surface area (Å²) in [5.74, 6) is 2.80. The van der Waals surface area contributed by atoms with Gasteiger partial charge < -0.3 is 19.7 Å². The number of hydrogen-bond donors (Lipinski definition) is 2. The van der Waals surface area contributed by atoms with Crippen LogP contribution in [0.15, 0.2) is 30.5 Å². The summed E-state index contributed by atoms with van der Waals surface area (Å²) in [5.41, 5.74) is 2.92. The summed E-state index contributed by atoms with van der Waals surface area (Å²) < 4.78 is 10.8. The summed E-state index contributed by atoms with van der Waals surface area (Å²) in [6.07, 6.45) is 5.60. The number of piperidine rings is 1. The molecule has 0 radical (unpaired) electrons. The van der Waals surface area contributed by atoms with Crippen molar-refractivity contribution in [2.24, 2.45) is 0 Å². The number of carbonyl (C=O) groups excluding carboxylic acids is 1. The predicted octanol–water partition coefficient (Wildman–Crippen LogP) is 3.46. The lowest BCUT2D eigenvalue weighted by molar-refractivity contribution is -0.130. The number of methoxy groups -OCH3 is 2. The standard InChI is InChI=1S/C23H27N5O3/c1-30-17-7-4-14(19(11-17)31-2)12-25-23-22-18(9-10-24-23)21(26-27-22)15-3-5-16-6-8-20(29)28(16)13-15/h4,7,9-11,15-16H,3,5-6,8,12-13H2,1-2H3,(H,24,25)(H,26,27)/t15-,16+/m1/s1. The van der Waals surface area contributed by atoms with E-state index in [-0.39, 0.29) is 11.8 Å². The van der Waals surface area contributed by atoms with Gasteiger partial charge in [-0.15, -0.1) is 0 Å². The van der Waals surface area contributed by atoms with Gasteiger partial charge in [-0.1, -0.05) is 0 Å². The van der Waals surface area contributed by atoms with Gasteiger partial charge in [-0.2, -0.15) is 5.10 Å². The molecule has 8 nitrogen and oxygen atoms in total. The molecule has 2 aliphatic heterocycles. The SMILES string of the molecule is COc1ccc(CNc2nccc3c([C@@H]4CC[C@H]5CCC(=O)N5C4)n[nH]c23)c(OC)c1. The van der Waals surface area contributed by atoms with Crippen LogP contribution >= 0.6 is 0 Å². The Kier molecular flexibility index (Phi) is 5.13. The lowest BCUT2D eigenvalue weighted by atomic mass is 9.89. The molecule has 31 heavy (non-hydrogen) atoms. The largest absolute Gasteiger partial charge is 0.497 e. The Morgan fingerprint density at radius 1 is 1.19 bits per heavy atom. The summed E-state index contributed by atoms with van der Waals surface area (Å²) in [4.78, 5) is 18.8.